The van der Waals surface area contributed by atoms with E-state index in [2.05, 4.69) is 6.58 Å². The number of benzene rings is 1. The number of fused-ring (bicyclic) bond motifs is 1. The summed E-state index contributed by atoms with van der Waals surface area (Å²) in [6, 6.07) is 3.15. The SMILES string of the molecule is C=Cc1c(/C=C\C)oc2c(C/C=C\C=N)c(F)ccc12. The quantitative estimate of drug-likeness (QED) is 0.762. The molecule has 2 nitrogen and oxygen atoms in total. The van der Waals surface area contributed by atoms with Gasteiger partial charge in [-0.2, -0.15) is 0 Å². The van der Waals surface area contributed by atoms with Crippen LogP contribution in [-0.2, 0) is 6.42 Å². The lowest BCUT2D eigenvalue weighted by Gasteiger charge is -2.00. The van der Waals surface area contributed by atoms with Gasteiger partial charge in [0.25, 0.3) is 0 Å². The molecule has 1 aromatic heterocycles. The Hall–Kier alpha value is -2.42. The fourth-order valence-corrected chi connectivity index (χ4v) is 2.16. The number of hydrogen-bond acceptors (Lipinski definition) is 2. The first kappa shape index (κ1) is 14.0. The van der Waals surface area contributed by atoms with Crippen LogP contribution in [0.2, 0.25) is 0 Å². The Kier molecular flexibility index (Phi) is 4.31. The van der Waals surface area contributed by atoms with Crippen molar-refractivity contribution in [3.05, 3.63) is 59.6 Å². The lowest BCUT2D eigenvalue weighted by Crippen LogP contribution is -1.89. The highest BCUT2D eigenvalue weighted by atomic mass is 19.1. The molecule has 2 rings (SSSR count). The maximum atomic E-state index is 14.0. The van der Waals surface area contributed by atoms with Crippen LogP contribution in [-0.4, -0.2) is 6.21 Å². The summed E-state index contributed by atoms with van der Waals surface area (Å²) < 4.78 is 19.8. The zero-order valence-corrected chi connectivity index (χ0v) is 11.3. The lowest BCUT2D eigenvalue weighted by atomic mass is 10.0. The molecule has 0 saturated carbocycles. The van der Waals surface area contributed by atoms with E-state index in [1.54, 1.807) is 24.3 Å². The van der Waals surface area contributed by atoms with E-state index in [1.165, 1.54) is 12.3 Å². The Morgan fingerprint density at radius 2 is 2.20 bits per heavy atom. The van der Waals surface area contributed by atoms with Gasteiger partial charge < -0.3 is 9.83 Å². The van der Waals surface area contributed by atoms with Crippen molar-refractivity contribution in [1.82, 2.24) is 0 Å². The standard InChI is InChI=1S/C17H16FNO/c1-3-7-16-12(4-2)13-9-10-15(18)14(17(13)20-16)8-5-6-11-19/h3-7,9-11,19H,2,8H2,1H3/b6-5-,7-3-,19-11?. The second-order valence-corrected chi connectivity index (χ2v) is 4.29. The molecule has 20 heavy (non-hydrogen) atoms. The lowest BCUT2D eigenvalue weighted by molar-refractivity contribution is 0.580. The average molecular weight is 269 g/mol. The highest BCUT2D eigenvalue weighted by Gasteiger charge is 2.15. The summed E-state index contributed by atoms with van der Waals surface area (Å²) in [6.07, 6.45) is 10.3. The Morgan fingerprint density at radius 1 is 1.40 bits per heavy atom. The van der Waals surface area contributed by atoms with Gasteiger partial charge in [-0.3, -0.25) is 0 Å². The third-order valence-electron chi connectivity index (χ3n) is 3.05. The summed E-state index contributed by atoms with van der Waals surface area (Å²) in [5.41, 5.74) is 1.91. The number of allylic oxidation sites excluding steroid dienone is 3. The first-order valence-corrected chi connectivity index (χ1v) is 6.37. The van der Waals surface area contributed by atoms with E-state index >= 15 is 0 Å². The van der Waals surface area contributed by atoms with Crippen molar-refractivity contribution < 1.29 is 8.81 Å². The van der Waals surface area contributed by atoms with E-state index in [0.29, 0.717) is 23.3 Å². The largest absolute Gasteiger partial charge is 0.456 e. The van der Waals surface area contributed by atoms with Gasteiger partial charge in [0.1, 0.15) is 17.2 Å². The fraction of sp³-hybridized carbons (Fsp3) is 0.118. The van der Waals surface area contributed by atoms with Gasteiger partial charge in [-0.05, 0) is 37.6 Å². The van der Waals surface area contributed by atoms with Crippen LogP contribution in [0.25, 0.3) is 23.1 Å². The molecular weight excluding hydrogens is 253 g/mol. The van der Waals surface area contributed by atoms with Gasteiger partial charge in [-0.15, -0.1) is 0 Å². The van der Waals surface area contributed by atoms with Gasteiger partial charge >= 0.3 is 0 Å². The molecule has 1 heterocycles. The molecule has 0 amide bonds. The Morgan fingerprint density at radius 3 is 2.85 bits per heavy atom. The van der Waals surface area contributed by atoms with Gasteiger partial charge in [-0.1, -0.05) is 24.8 Å². The summed E-state index contributed by atoms with van der Waals surface area (Å²) in [7, 11) is 0. The van der Waals surface area contributed by atoms with Crippen LogP contribution in [0.15, 0.2) is 41.4 Å². The van der Waals surface area contributed by atoms with Gasteiger partial charge in [0, 0.05) is 22.7 Å². The normalized spacial score (nSPS) is 11.7. The summed E-state index contributed by atoms with van der Waals surface area (Å²) >= 11 is 0. The number of furan rings is 1. The Labute approximate surface area is 117 Å². The predicted octanol–water partition coefficient (Wildman–Crippen LogP) is 5.00. The topological polar surface area (TPSA) is 37.0 Å². The maximum Gasteiger partial charge on any atom is 0.141 e. The first-order valence-electron chi connectivity index (χ1n) is 6.37. The van der Waals surface area contributed by atoms with Crippen LogP contribution in [0.4, 0.5) is 4.39 Å². The molecule has 0 fully saturated rings. The molecule has 0 unspecified atom stereocenters. The molecule has 0 radical (unpaired) electrons. The van der Waals surface area contributed by atoms with Gasteiger partial charge in [0.15, 0.2) is 0 Å². The first-order chi connectivity index (χ1) is 9.72. The summed E-state index contributed by atoms with van der Waals surface area (Å²) in [6.45, 7) is 5.69. The van der Waals surface area contributed by atoms with Crippen LogP contribution in [0, 0.1) is 11.2 Å². The Bertz CT molecular complexity index is 707. The van der Waals surface area contributed by atoms with Crippen molar-refractivity contribution in [1.29, 1.82) is 5.41 Å². The van der Waals surface area contributed by atoms with Crippen LogP contribution in [0.3, 0.4) is 0 Å². The second kappa shape index (κ2) is 6.15. The Balaban J connectivity index is 2.67. The zero-order valence-electron chi connectivity index (χ0n) is 11.3. The molecular formula is C17H16FNO. The van der Waals surface area contributed by atoms with E-state index in [4.69, 9.17) is 9.83 Å². The maximum absolute atomic E-state index is 14.0. The minimum atomic E-state index is -0.302. The molecule has 0 atom stereocenters. The van der Waals surface area contributed by atoms with Crippen LogP contribution < -0.4 is 0 Å². The molecule has 0 aliphatic carbocycles. The molecule has 0 bridgehead atoms. The van der Waals surface area contributed by atoms with E-state index in [0.717, 1.165) is 10.9 Å². The highest BCUT2D eigenvalue weighted by molar-refractivity contribution is 5.92. The molecule has 0 spiro atoms. The summed E-state index contributed by atoms with van der Waals surface area (Å²) in [5.74, 6) is 0.379. The third kappa shape index (κ3) is 2.48. The molecule has 1 N–H and O–H groups in total. The minimum absolute atomic E-state index is 0.302. The van der Waals surface area contributed by atoms with Crippen LogP contribution >= 0.6 is 0 Å². The van der Waals surface area contributed by atoms with Crippen molar-refractivity contribution >= 4 is 29.3 Å². The predicted molar refractivity (Wildman–Crippen MR) is 82.6 cm³/mol. The zero-order chi connectivity index (χ0) is 14.5. The van der Waals surface area contributed by atoms with E-state index < -0.39 is 0 Å². The third-order valence-corrected chi connectivity index (χ3v) is 3.05. The number of halogens is 1. The summed E-state index contributed by atoms with van der Waals surface area (Å²) in [5, 5.41) is 7.81. The van der Waals surface area contributed by atoms with Crippen LogP contribution in [0.1, 0.15) is 23.8 Å². The van der Waals surface area contributed by atoms with E-state index in [-0.39, 0.29) is 5.82 Å². The molecule has 2 aromatic rings. The van der Waals surface area contributed by atoms with Crippen molar-refractivity contribution in [2.24, 2.45) is 0 Å². The monoisotopic (exact) mass is 269 g/mol. The average Bonchev–Trinajstić information content (AvgIpc) is 2.79. The number of nitrogens with one attached hydrogen (secondary N) is 1. The van der Waals surface area contributed by atoms with Crippen molar-refractivity contribution in [2.75, 3.05) is 0 Å². The van der Waals surface area contributed by atoms with Crippen LogP contribution in [0.5, 0.6) is 0 Å². The van der Waals surface area contributed by atoms with Gasteiger partial charge in [0.2, 0.25) is 0 Å². The molecule has 3 heteroatoms. The second-order valence-electron chi connectivity index (χ2n) is 4.29. The molecule has 1 aromatic carbocycles. The molecule has 0 aliphatic heterocycles. The smallest absolute Gasteiger partial charge is 0.141 e. The minimum Gasteiger partial charge on any atom is -0.456 e. The number of rotatable bonds is 5. The van der Waals surface area contributed by atoms with Crippen molar-refractivity contribution in [2.45, 2.75) is 13.3 Å². The van der Waals surface area contributed by atoms with Gasteiger partial charge in [-0.25, -0.2) is 4.39 Å². The summed E-state index contributed by atoms with van der Waals surface area (Å²) in [4.78, 5) is 0. The fourth-order valence-electron chi connectivity index (χ4n) is 2.16. The highest BCUT2D eigenvalue weighted by Crippen LogP contribution is 2.32. The van der Waals surface area contributed by atoms with Crippen molar-refractivity contribution in [3.63, 3.8) is 0 Å². The van der Waals surface area contributed by atoms with Gasteiger partial charge in [0.05, 0.1) is 0 Å². The molecule has 0 aliphatic rings. The van der Waals surface area contributed by atoms with E-state index in [1.807, 2.05) is 19.1 Å². The van der Waals surface area contributed by atoms with Crippen molar-refractivity contribution in [3.8, 4) is 0 Å². The number of hydrogen-bond donors (Lipinski definition) is 1. The van der Waals surface area contributed by atoms with E-state index in [9.17, 15) is 4.39 Å². The molecule has 0 saturated heterocycles. The molecule has 102 valence electrons.